The molecule has 0 heterocycles. The molecule has 0 saturated carbocycles. The van der Waals surface area contributed by atoms with Gasteiger partial charge in [-0.05, 0) is 68.3 Å². The van der Waals surface area contributed by atoms with Crippen LogP contribution < -0.4 is 20.1 Å². The van der Waals surface area contributed by atoms with Crippen molar-refractivity contribution in [2.75, 3.05) is 23.8 Å². The standard InChI is InChI=1S/C25H27ClN2O3/c1-4-30-24-13-19(15-27-21-7-5-6-20(26)14-21)9-11-23(24)31-16-25(29)28-22-10-8-17(2)12-18(22)3/h5-14,27H,4,15-16H2,1-3H3,(H,28,29). The molecule has 6 heteroatoms. The number of hydrogen-bond donors (Lipinski definition) is 2. The highest BCUT2D eigenvalue weighted by Crippen LogP contribution is 2.29. The van der Waals surface area contributed by atoms with Crippen molar-refractivity contribution < 1.29 is 14.3 Å². The first-order valence-corrected chi connectivity index (χ1v) is 10.6. The number of halogens is 1. The average Bonchev–Trinajstić information content (AvgIpc) is 2.74. The lowest BCUT2D eigenvalue weighted by atomic mass is 10.1. The van der Waals surface area contributed by atoms with Crippen LogP contribution in [0.3, 0.4) is 0 Å². The van der Waals surface area contributed by atoms with Gasteiger partial charge >= 0.3 is 0 Å². The molecule has 0 aromatic heterocycles. The molecule has 31 heavy (non-hydrogen) atoms. The topological polar surface area (TPSA) is 59.6 Å². The number of benzene rings is 3. The molecule has 0 fully saturated rings. The van der Waals surface area contributed by atoms with E-state index in [1.165, 1.54) is 0 Å². The third-order valence-electron chi connectivity index (χ3n) is 4.64. The summed E-state index contributed by atoms with van der Waals surface area (Å²) in [6.07, 6.45) is 0. The second kappa shape index (κ2) is 10.7. The molecule has 162 valence electrons. The second-order valence-electron chi connectivity index (χ2n) is 7.23. The number of amides is 1. The minimum atomic E-state index is -0.221. The van der Waals surface area contributed by atoms with Crippen molar-refractivity contribution >= 4 is 28.9 Å². The second-order valence-corrected chi connectivity index (χ2v) is 7.67. The Kier molecular flexibility index (Phi) is 7.79. The predicted molar refractivity (Wildman–Crippen MR) is 126 cm³/mol. The Morgan fingerprint density at radius 3 is 2.55 bits per heavy atom. The summed E-state index contributed by atoms with van der Waals surface area (Å²) in [5, 5.41) is 6.90. The fourth-order valence-electron chi connectivity index (χ4n) is 3.14. The van der Waals surface area contributed by atoms with Gasteiger partial charge in [-0.2, -0.15) is 0 Å². The van der Waals surface area contributed by atoms with E-state index in [9.17, 15) is 4.79 Å². The van der Waals surface area contributed by atoms with E-state index in [0.29, 0.717) is 29.7 Å². The van der Waals surface area contributed by atoms with Crippen molar-refractivity contribution in [2.45, 2.75) is 27.3 Å². The van der Waals surface area contributed by atoms with E-state index in [0.717, 1.165) is 28.1 Å². The number of ether oxygens (including phenoxy) is 2. The molecule has 0 aliphatic rings. The predicted octanol–water partition coefficient (Wildman–Crippen LogP) is 5.99. The maximum Gasteiger partial charge on any atom is 0.262 e. The smallest absolute Gasteiger partial charge is 0.262 e. The van der Waals surface area contributed by atoms with E-state index < -0.39 is 0 Å². The molecule has 1 amide bonds. The van der Waals surface area contributed by atoms with Crippen LogP contribution in [-0.2, 0) is 11.3 Å². The van der Waals surface area contributed by atoms with Gasteiger partial charge in [0, 0.05) is 22.9 Å². The summed E-state index contributed by atoms with van der Waals surface area (Å²) in [5.74, 6) is 0.914. The zero-order valence-corrected chi connectivity index (χ0v) is 18.8. The Morgan fingerprint density at radius 1 is 0.968 bits per heavy atom. The third kappa shape index (κ3) is 6.66. The molecule has 0 unspecified atom stereocenters. The molecule has 0 saturated heterocycles. The Bertz CT molecular complexity index is 1050. The highest BCUT2D eigenvalue weighted by atomic mass is 35.5. The quantitative estimate of drug-likeness (QED) is 0.431. The summed E-state index contributed by atoms with van der Waals surface area (Å²) in [6.45, 7) is 6.89. The monoisotopic (exact) mass is 438 g/mol. The van der Waals surface area contributed by atoms with Gasteiger partial charge in [0.1, 0.15) is 0 Å². The van der Waals surface area contributed by atoms with Gasteiger partial charge in [-0.15, -0.1) is 0 Å². The number of nitrogens with one attached hydrogen (secondary N) is 2. The van der Waals surface area contributed by atoms with Crippen molar-refractivity contribution in [3.63, 3.8) is 0 Å². The van der Waals surface area contributed by atoms with Crippen LogP contribution in [0.25, 0.3) is 0 Å². The minimum absolute atomic E-state index is 0.104. The Hall–Kier alpha value is -3.18. The number of aryl methyl sites for hydroxylation is 2. The fraction of sp³-hybridized carbons (Fsp3) is 0.240. The number of carbonyl (C=O) groups is 1. The van der Waals surface area contributed by atoms with Gasteiger partial charge in [0.05, 0.1) is 6.61 Å². The number of hydrogen-bond acceptors (Lipinski definition) is 4. The van der Waals surface area contributed by atoms with Gasteiger partial charge in [-0.1, -0.05) is 41.4 Å². The van der Waals surface area contributed by atoms with E-state index in [1.807, 2.05) is 81.4 Å². The zero-order valence-electron chi connectivity index (χ0n) is 18.0. The molecule has 0 bridgehead atoms. The molecule has 5 nitrogen and oxygen atoms in total. The largest absolute Gasteiger partial charge is 0.490 e. The molecule has 0 aliphatic heterocycles. The minimum Gasteiger partial charge on any atom is -0.490 e. The van der Waals surface area contributed by atoms with Gasteiger partial charge in [0.15, 0.2) is 18.1 Å². The molecular formula is C25H27ClN2O3. The van der Waals surface area contributed by atoms with E-state index >= 15 is 0 Å². The van der Waals surface area contributed by atoms with Crippen LogP contribution in [0.4, 0.5) is 11.4 Å². The Labute approximate surface area is 188 Å². The first-order valence-electron chi connectivity index (χ1n) is 10.2. The summed E-state index contributed by atoms with van der Waals surface area (Å²) >= 11 is 6.03. The number of anilines is 2. The van der Waals surface area contributed by atoms with E-state index in [2.05, 4.69) is 10.6 Å². The molecule has 3 rings (SSSR count). The van der Waals surface area contributed by atoms with Crippen LogP contribution in [0.2, 0.25) is 5.02 Å². The molecule has 2 N–H and O–H groups in total. The fourth-order valence-corrected chi connectivity index (χ4v) is 3.33. The summed E-state index contributed by atoms with van der Waals surface area (Å²) in [4.78, 5) is 12.3. The SMILES string of the molecule is CCOc1cc(CNc2cccc(Cl)c2)ccc1OCC(=O)Nc1ccc(C)cc1C. The maximum atomic E-state index is 12.3. The Balaban J connectivity index is 1.61. The molecule has 0 atom stereocenters. The lowest BCUT2D eigenvalue weighted by molar-refractivity contribution is -0.118. The van der Waals surface area contributed by atoms with E-state index in [4.69, 9.17) is 21.1 Å². The van der Waals surface area contributed by atoms with Gasteiger partial charge in [-0.25, -0.2) is 0 Å². The van der Waals surface area contributed by atoms with Gasteiger partial charge in [0.2, 0.25) is 0 Å². The van der Waals surface area contributed by atoms with Crippen molar-refractivity contribution in [1.29, 1.82) is 0 Å². The highest BCUT2D eigenvalue weighted by Gasteiger charge is 2.11. The van der Waals surface area contributed by atoms with Gasteiger partial charge in [-0.3, -0.25) is 4.79 Å². The van der Waals surface area contributed by atoms with Crippen LogP contribution >= 0.6 is 11.6 Å². The number of carbonyl (C=O) groups excluding carboxylic acids is 1. The summed E-state index contributed by atoms with van der Waals surface area (Å²) in [7, 11) is 0. The van der Waals surface area contributed by atoms with E-state index in [1.54, 1.807) is 0 Å². The van der Waals surface area contributed by atoms with Gasteiger partial charge < -0.3 is 20.1 Å². The summed E-state index contributed by atoms with van der Waals surface area (Å²) in [5.41, 5.74) is 4.91. The van der Waals surface area contributed by atoms with Crippen molar-refractivity contribution in [3.05, 3.63) is 82.4 Å². The van der Waals surface area contributed by atoms with Crippen LogP contribution in [-0.4, -0.2) is 19.1 Å². The summed E-state index contributed by atoms with van der Waals surface area (Å²) in [6, 6.07) is 19.1. The van der Waals surface area contributed by atoms with E-state index in [-0.39, 0.29) is 12.5 Å². The zero-order chi connectivity index (χ0) is 22.2. The van der Waals surface area contributed by atoms with Gasteiger partial charge in [0.25, 0.3) is 5.91 Å². The lowest BCUT2D eigenvalue weighted by Gasteiger charge is -2.15. The number of rotatable bonds is 9. The average molecular weight is 439 g/mol. The van der Waals surface area contributed by atoms with Crippen LogP contribution in [0, 0.1) is 13.8 Å². The normalized spacial score (nSPS) is 10.5. The molecule has 0 spiro atoms. The van der Waals surface area contributed by atoms with Crippen LogP contribution in [0.1, 0.15) is 23.6 Å². The first-order chi connectivity index (χ1) is 14.9. The summed E-state index contributed by atoms with van der Waals surface area (Å²) < 4.78 is 11.5. The maximum absolute atomic E-state index is 12.3. The van der Waals surface area contributed by atoms with Crippen LogP contribution in [0.15, 0.2) is 60.7 Å². The lowest BCUT2D eigenvalue weighted by Crippen LogP contribution is -2.21. The molecule has 0 aliphatic carbocycles. The third-order valence-corrected chi connectivity index (χ3v) is 4.88. The van der Waals surface area contributed by atoms with Crippen molar-refractivity contribution in [1.82, 2.24) is 0 Å². The van der Waals surface area contributed by atoms with Crippen molar-refractivity contribution in [3.8, 4) is 11.5 Å². The molecular weight excluding hydrogens is 412 g/mol. The highest BCUT2D eigenvalue weighted by molar-refractivity contribution is 6.30. The first kappa shape index (κ1) is 22.5. The molecule has 3 aromatic rings. The Morgan fingerprint density at radius 2 is 1.81 bits per heavy atom. The molecule has 0 radical (unpaired) electrons. The van der Waals surface area contributed by atoms with Crippen LogP contribution in [0.5, 0.6) is 11.5 Å². The van der Waals surface area contributed by atoms with Crippen molar-refractivity contribution in [2.24, 2.45) is 0 Å². The molecule has 3 aromatic carbocycles.